The Labute approximate surface area is 245 Å². The predicted octanol–water partition coefficient (Wildman–Crippen LogP) is 8.52. The molecule has 0 bridgehead atoms. The first kappa shape index (κ1) is 25.6. The van der Waals surface area contributed by atoms with Crippen molar-refractivity contribution in [2.45, 2.75) is 13.2 Å². The molecule has 0 radical (unpaired) electrons. The number of carbonyl (C=O) groups excluding carboxylic acids is 2. The zero-order chi connectivity index (χ0) is 25.2. The van der Waals surface area contributed by atoms with E-state index in [0.29, 0.717) is 16.5 Å². The Bertz CT molecular complexity index is 1510. The molecule has 0 saturated carbocycles. The fourth-order valence-electron chi connectivity index (χ4n) is 3.95. The molecule has 4 aromatic rings. The zero-order valence-corrected chi connectivity index (χ0v) is 24.6. The minimum absolute atomic E-state index is 0.243. The Morgan fingerprint density at radius 3 is 2.33 bits per heavy atom. The van der Waals surface area contributed by atoms with Gasteiger partial charge in [0, 0.05) is 10.6 Å². The first-order chi connectivity index (χ1) is 17.4. The minimum Gasteiger partial charge on any atom is -0.487 e. The van der Waals surface area contributed by atoms with E-state index in [2.05, 4.69) is 45.2 Å². The van der Waals surface area contributed by atoms with Crippen LogP contribution in [0.5, 0.6) is 5.75 Å². The fraction of sp³-hybridized carbons (Fsp3) is 0.0714. The molecule has 1 saturated heterocycles. The van der Waals surface area contributed by atoms with Crippen LogP contribution in [0.4, 0.5) is 4.79 Å². The second kappa shape index (κ2) is 11.1. The number of ether oxygens (including phenoxy) is 1. The van der Waals surface area contributed by atoms with E-state index in [1.807, 2.05) is 78.9 Å². The van der Waals surface area contributed by atoms with Crippen LogP contribution in [0.3, 0.4) is 0 Å². The number of rotatable bonds is 6. The van der Waals surface area contributed by atoms with Gasteiger partial charge in [0.25, 0.3) is 11.1 Å². The highest BCUT2D eigenvalue weighted by Crippen LogP contribution is 2.36. The van der Waals surface area contributed by atoms with Crippen molar-refractivity contribution < 1.29 is 14.3 Å². The third-order valence-electron chi connectivity index (χ3n) is 5.73. The lowest BCUT2D eigenvalue weighted by molar-refractivity contribution is -0.123. The van der Waals surface area contributed by atoms with E-state index in [1.54, 1.807) is 6.08 Å². The van der Waals surface area contributed by atoms with E-state index >= 15 is 0 Å². The molecule has 1 aliphatic rings. The van der Waals surface area contributed by atoms with Crippen molar-refractivity contribution in [3.63, 3.8) is 0 Å². The number of hydrogen-bond acceptors (Lipinski definition) is 4. The third-order valence-corrected chi connectivity index (χ3v) is 8.61. The van der Waals surface area contributed by atoms with Crippen molar-refractivity contribution in [1.82, 2.24) is 4.90 Å². The smallest absolute Gasteiger partial charge is 0.293 e. The summed E-state index contributed by atoms with van der Waals surface area (Å²) < 4.78 is 7.88. The maximum absolute atomic E-state index is 13.2. The van der Waals surface area contributed by atoms with Gasteiger partial charge in [0.15, 0.2) is 0 Å². The molecule has 36 heavy (non-hydrogen) atoms. The standard InChI is InChI=1S/C28H18ClI2NO3S/c29-22-11-4-2-7-20(22)16-35-26-23(30)12-17(13-24(26)31)14-25-27(33)32(28(34)36-25)15-19-9-5-8-18-6-1-3-10-21(18)19/h1-14H,15-16H2/b25-14+. The van der Waals surface area contributed by atoms with Gasteiger partial charge in [-0.2, -0.15) is 0 Å². The van der Waals surface area contributed by atoms with Crippen LogP contribution in [0.1, 0.15) is 16.7 Å². The summed E-state index contributed by atoms with van der Waals surface area (Å²) in [5, 5.41) is 2.53. The molecule has 5 rings (SSSR count). The molecular weight excluding hydrogens is 720 g/mol. The minimum atomic E-state index is -0.276. The largest absolute Gasteiger partial charge is 0.487 e. The zero-order valence-electron chi connectivity index (χ0n) is 18.7. The topological polar surface area (TPSA) is 46.6 Å². The van der Waals surface area contributed by atoms with E-state index in [4.69, 9.17) is 16.3 Å². The van der Waals surface area contributed by atoms with E-state index in [1.165, 1.54) is 4.90 Å². The number of carbonyl (C=O) groups is 2. The molecular formula is C28H18ClI2NO3S. The van der Waals surface area contributed by atoms with Gasteiger partial charge in [0.1, 0.15) is 12.4 Å². The molecule has 1 fully saturated rings. The number of nitrogens with zero attached hydrogens (tertiary/aromatic N) is 1. The van der Waals surface area contributed by atoms with Crippen LogP contribution in [0.15, 0.2) is 83.8 Å². The van der Waals surface area contributed by atoms with Crippen molar-refractivity contribution in [3.8, 4) is 5.75 Å². The van der Waals surface area contributed by atoms with Gasteiger partial charge in [-0.15, -0.1) is 0 Å². The first-order valence-electron chi connectivity index (χ1n) is 11.0. The Kier molecular flexibility index (Phi) is 7.90. The van der Waals surface area contributed by atoms with Gasteiger partial charge in [0.05, 0.1) is 18.6 Å². The molecule has 0 aromatic heterocycles. The lowest BCUT2D eigenvalue weighted by atomic mass is 10.0. The number of benzene rings is 4. The van der Waals surface area contributed by atoms with Crippen LogP contribution < -0.4 is 4.74 Å². The average molecular weight is 738 g/mol. The average Bonchev–Trinajstić information content (AvgIpc) is 3.12. The summed E-state index contributed by atoms with van der Waals surface area (Å²) in [7, 11) is 0. The van der Waals surface area contributed by atoms with Crippen LogP contribution in [0.25, 0.3) is 16.8 Å². The molecule has 4 nitrogen and oxygen atoms in total. The van der Waals surface area contributed by atoms with Crippen molar-refractivity contribution >= 4 is 96.5 Å². The quantitative estimate of drug-likeness (QED) is 0.147. The summed E-state index contributed by atoms with van der Waals surface area (Å²) in [6.07, 6.45) is 1.77. The normalized spacial score (nSPS) is 14.8. The Hall–Kier alpha value is -2.08. The van der Waals surface area contributed by atoms with Crippen molar-refractivity contribution in [2.24, 2.45) is 0 Å². The molecule has 8 heteroatoms. The Balaban J connectivity index is 1.35. The highest BCUT2D eigenvalue weighted by Gasteiger charge is 2.35. The van der Waals surface area contributed by atoms with Crippen LogP contribution >= 0.6 is 68.5 Å². The third kappa shape index (κ3) is 5.44. The number of thioether (sulfide) groups is 1. The monoisotopic (exact) mass is 737 g/mol. The highest BCUT2D eigenvalue weighted by molar-refractivity contribution is 14.1. The number of hydrogen-bond donors (Lipinski definition) is 0. The maximum Gasteiger partial charge on any atom is 0.293 e. The van der Waals surface area contributed by atoms with E-state index in [-0.39, 0.29) is 17.7 Å². The Morgan fingerprint density at radius 2 is 1.56 bits per heavy atom. The number of halogens is 3. The summed E-state index contributed by atoms with van der Waals surface area (Å²) >= 11 is 11.7. The number of imide groups is 1. The molecule has 4 aromatic carbocycles. The molecule has 0 N–H and O–H groups in total. The summed E-state index contributed by atoms with van der Waals surface area (Å²) in [4.78, 5) is 27.6. The van der Waals surface area contributed by atoms with Crippen LogP contribution in [-0.4, -0.2) is 16.0 Å². The van der Waals surface area contributed by atoms with Crippen LogP contribution in [0.2, 0.25) is 5.02 Å². The van der Waals surface area contributed by atoms with E-state index < -0.39 is 0 Å². The maximum atomic E-state index is 13.2. The summed E-state index contributed by atoms with van der Waals surface area (Å²) in [5.74, 6) is 0.485. The Morgan fingerprint density at radius 1 is 0.889 bits per heavy atom. The van der Waals surface area contributed by atoms with Crippen molar-refractivity contribution in [1.29, 1.82) is 0 Å². The van der Waals surface area contributed by atoms with E-state index in [9.17, 15) is 9.59 Å². The van der Waals surface area contributed by atoms with Gasteiger partial charge in [-0.1, -0.05) is 72.3 Å². The molecule has 1 aliphatic heterocycles. The van der Waals surface area contributed by atoms with Gasteiger partial charge in [-0.3, -0.25) is 14.5 Å². The second-order valence-corrected chi connectivity index (χ2v) is 11.8. The van der Waals surface area contributed by atoms with Gasteiger partial charge in [-0.25, -0.2) is 0 Å². The van der Waals surface area contributed by atoms with Crippen molar-refractivity contribution in [3.05, 3.63) is 113 Å². The SMILES string of the molecule is O=C1S/C(=C/c2cc(I)c(OCc3ccccc3Cl)c(I)c2)C(=O)N1Cc1cccc2ccccc12. The van der Waals surface area contributed by atoms with Gasteiger partial charge in [0.2, 0.25) is 0 Å². The highest BCUT2D eigenvalue weighted by atomic mass is 127. The molecule has 0 aliphatic carbocycles. The predicted molar refractivity (Wildman–Crippen MR) is 163 cm³/mol. The van der Waals surface area contributed by atoms with Crippen molar-refractivity contribution in [2.75, 3.05) is 0 Å². The van der Waals surface area contributed by atoms with Crippen LogP contribution in [0, 0.1) is 7.14 Å². The molecule has 0 unspecified atom stereocenters. The molecule has 0 atom stereocenters. The molecule has 0 spiro atoms. The molecule has 180 valence electrons. The van der Waals surface area contributed by atoms with Gasteiger partial charge >= 0.3 is 0 Å². The summed E-state index contributed by atoms with van der Waals surface area (Å²) in [6.45, 7) is 0.603. The summed E-state index contributed by atoms with van der Waals surface area (Å²) in [6, 6.07) is 25.4. The molecule has 2 amide bonds. The number of amides is 2. The first-order valence-corrected chi connectivity index (χ1v) is 14.3. The fourth-order valence-corrected chi connectivity index (χ4v) is 7.11. The lowest BCUT2D eigenvalue weighted by Crippen LogP contribution is -2.27. The van der Waals surface area contributed by atoms with Gasteiger partial charge in [-0.05, 0) is 103 Å². The van der Waals surface area contributed by atoms with Gasteiger partial charge < -0.3 is 4.74 Å². The lowest BCUT2D eigenvalue weighted by Gasteiger charge is -2.14. The second-order valence-electron chi connectivity index (χ2n) is 8.10. The van der Waals surface area contributed by atoms with Crippen LogP contribution in [-0.2, 0) is 17.9 Å². The van der Waals surface area contributed by atoms with E-state index in [0.717, 1.165) is 52.1 Å². The number of fused-ring (bicyclic) bond motifs is 1. The summed E-state index contributed by atoms with van der Waals surface area (Å²) in [5.41, 5.74) is 2.69. The molecule has 1 heterocycles.